The molecule has 0 atom stereocenters. The summed E-state index contributed by atoms with van der Waals surface area (Å²) < 4.78 is 5.37. The number of hydrogen-bond donors (Lipinski definition) is 2. The molecule has 1 aromatic carbocycles. The van der Waals surface area contributed by atoms with E-state index < -0.39 is 0 Å². The van der Waals surface area contributed by atoms with Crippen LogP contribution in [0.25, 0.3) is 0 Å². The van der Waals surface area contributed by atoms with Gasteiger partial charge in [0.25, 0.3) is 0 Å². The van der Waals surface area contributed by atoms with Gasteiger partial charge in [-0.3, -0.25) is 4.90 Å². The van der Waals surface area contributed by atoms with E-state index in [0.717, 1.165) is 51.8 Å². The molecule has 0 unspecified atom stereocenters. The van der Waals surface area contributed by atoms with Crippen LogP contribution in [0.2, 0.25) is 0 Å². The van der Waals surface area contributed by atoms with Crippen molar-refractivity contribution in [1.82, 2.24) is 15.5 Å². The highest BCUT2D eigenvalue weighted by Crippen LogP contribution is 2.01. The Labute approximate surface area is 163 Å². The van der Waals surface area contributed by atoms with Crippen LogP contribution in [0.3, 0.4) is 0 Å². The molecule has 0 aromatic heterocycles. The van der Waals surface area contributed by atoms with Crippen LogP contribution >= 0.6 is 24.0 Å². The Morgan fingerprint density at radius 2 is 1.88 bits per heavy atom. The SMILES string of the molecule is CCNC(=NCc1ccccc1)NCCCCN1CCOCC1.I. The number of guanidine groups is 1. The molecule has 2 N–H and O–H groups in total. The third-order valence-electron chi connectivity index (χ3n) is 3.90. The molecule has 6 heteroatoms. The number of halogens is 1. The molecule has 0 aliphatic carbocycles. The van der Waals surface area contributed by atoms with Gasteiger partial charge in [-0.25, -0.2) is 4.99 Å². The van der Waals surface area contributed by atoms with Gasteiger partial charge in [0.15, 0.2) is 5.96 Å². The first kappa shape index (κ1) is 21.2. The third-order valence-corrected chi connectivity index (χ3v) is 3.90. The van der Waals surface area contributed by atoms with Crippen molar-refractivity contribution in [3.8, 4) is 0 Å². The van der Waals surface area contributed by atoms with Crippen molar-refractivity contribution < 1.29 is 4.74 Å². The molecule has 0 saturated carbocycles. The number of rotatable bonds is 8. The highest BCUT2D eigenvalue weighted by atomic mass is 127. The van der Waals surface area contributed by atoms with Crippen molar-refractivity contribution in [2.75, 3.05) is 45.9 Å². The van der Waals surface area contributed by atoms with Gasteiger partial charge < -0.3 is 15.4 Å². The zero-order valence-electron chi connectivity index (χ0n) is 14.7. The van der Waals surface area contributed by atoms with Crippen LogP contribution in [0.1, 0.15) is 25.3 Å². The van der Waals surface area contributed by atoms with E-state index in [1.165, 1.54) is 18.5 Å². The van der Waals surface area contributed by atoms with Gasteiger partial charge in [0.05, 0.1) is 19.8 Å². The lowest BCUT2D eigenvalue weighted by atomic mass is 10.2. The zero-order valence-corrected chi connectivity index (χ0v) is 17.0. The van der Waals surface area contributed by atoms with Crippen molar-refractivity contribution in [2.24, 2.45) is 4.99 Å². The molecule has 5 nitrogen and oxygen atoms in total. The molecular weight excluding hydrogens is 415 g/mol. The highest BCUT2D eigenvalue weighted by Gasteiger charge is 2.08. The number of morpholine rings is 1. The third kappa shape index (κ3) is 8.84. The van der Waals surface area contributed by atoms with E-state index in [9.17, 15) is 0 Å². The average Bonchev–Trinajstić information content (AvgIpc) is 2.61. The van der Waals surface area contributed by atoms with Gasteiger partial charge >= 0.3 is 0 Å². The topological polar surface area (TPSA) is 48.9 Å². The number of aliphatic imine (C=N–C) groups is 1. The first-order valence-electron chi connectivity index (χ1n) is 8.74. The predicted molar refractivity (Wildman–Crippen MR) is 111 cm³/mol. The minimum absolute atomic E-state index is 0. The Balaban J connectivity index is 0.00000288. The molecule has 136 valence electrons. The Bertz CT molecular complexity index is 450. The number of unbranched alkanes of at least 4 members (excludes halogenated alkanes) is 1. The molecule has 0 amide bonds. The summed E-state index contributed by atoms with van der Waals surface area (Å²) in [5, 5.41) is 6.73. The van der Waals surface area contributed by atoms with E-state index in [1.54, 1.807) is 0 Å². The van der Waals surface area contributed by atoms with Crippen LogP contribution in [-0.2, 0) is 11.3 Å². The summed E-state index contributed by atoms with van der Waals surface area (Å²) in [6.07, 6.45) is 2.37. The van der Waals surface area contributed by atoms with E-state index in [2.05, 4.69) is 51.7 Å². The lowest BCUT2D eigenvalue weighted by Crippen LogP contribution is -2.39. The van der Waals surface area contributed by atoms with E-state index >= 15 is 0 Å². The molecule has 1 aromatic rings. The second-order valence-electron chi connectivity index (χ2n) is 5.77. The van der Waals surface area contributed by atoms with Gasteiger partial charge in [-0.15, -0.1) is 24.0 Å². The molecule has 0 radical (unpaired) electrons. The van der Waals surface area contributed by atoms with E-state index in [4.69, 9.17) is 4.74 Å². The fraction of sp³-hybridized carbons (Fsp3) is 0.611. The fourth-order valence-corrected chi connectivity index (χ4v) is 2.59. The van der Waals surface area contributed by atoms with Crippen molar-refractivity contribution in [3.05, 3.63) is 35.9 Å². The van der Waals surface area contributed by atoms with Crippen molar-refractivity contribution in [3.63, 3.8) is 0 Å². The first-order valence-corrected chi connectivity index (χ1v) is 8.74. The molecular formula is C18H31IN4O. The Kier molecular flexibility index (Phi) is 11.9. The number of nitrogens with zero attached hydrogens (tertiary/aromatic N) is 2. The second-order valence-corrected chi connectivity index (χ2v) is 5.77. The van der Waals surface area contributed by atoms with E-state index in [-0.39, 0.29) is 24.0 Å². The fourth-order valence-electron chi connectivity index (χ4n) is 2.59. The van der Waals surface area contributed by atoms with Crippen molar-refractivity contribution in [2.45, 2.75) is 26.3 Å². The zero-order chi connectivity index (χ0) is 16.2. The highest BCUT2D eigenvalue weighted by molar-refractivity contribution is 14.0. The summed E-state index contributed by atoms with van der Waals surface area (Å²) in [7, 11) is 0. The summed E-state index contributed by atoms with van der Waals surface area (Å²) in [6.45, 7) is 9.75. The van der Waals surface area contributed by atoms with Crippen molar-refractivity contribution >= 4 is 29.9 Å². The van der Waals surface area contributed by atoms with E-state index in [0.29, 0.717) is 6.54 Å². The summed E-state index contributed by atoms with van der Waals surface area (Å²) >= 11 is 0. The lowest BCUT2D eigenvalue weighted by molar-refractivity contribution is 0.0372. The van der Waals surface area contributed by atoms with Gasteiger partial charge in [0, 0.05) is 26.2 Å². The van der Waals surface area contributed by atoms with Crippen LogP contribution in [0.5, 0.6) is 0 Å². The number of nitrogens with one attached hydrogen (secondary N) is 2. The molecule has 1 fully saturated rings. The normalized spacial score (nSPS) is 15.6. The Hall–Kier alpha value is -0.860. The largest absolute Gasteiger partial charge is 0.379 e. The quantitative estimate of drug-likeness (QED) is 0.279. The van der Waals surface area contributed by atoms with Gasteiger partial charge in [-0.2, -0.15) is 0 Å². The van der Waals surface area contributed by atoms with Crippen LogP contribution in [-0.4, -0.2) is 56.8 Å². The number of benzene rings is 1. The van der Waals surface area contributed by atoms with Crippen LogP contribution in [0.4, 0.5) is 0 Å². The van der Waals surface area contributed by atoms with Gasteiger partial charge in [-0.05, 0) is 31.9 Å². The van der Waals surface area contributed by atoms with Crippen LogP contribution in [0.15, 0.2) is 35.3 Å². The minimum Gasteiger partial charge on any atom is -0.379 e. The first-order chi connectivity index (χ1) is 11.4. The molecule has 0 bridgehead atoms. The van der Waals surface area contributed by atoms with E-state index in [1.807, 2.05) is 6.07 Å². The average molecular weight is 446 g/mol. The molecule has 2 rings (SSSR count). The maximum Gasteiger partial charge on any atom is 0.191 e. The van der Waals surface area contributed by atoms with Crippen molar-refractivity contribution in [1.29, 1.82) is 0 Å². The molecule has 1 saturated heterocycles. The van der Waals surface area contributed by atoms with Crippen LogP contribution in [0, 0.1) is 0 Å². The number of ether oxygens (including phenoxy) is 1. The Morgan fingerprint density at radius 3 is 2.58 bits per heavy atom. The maximum atomic E-state index is 5.37. The molecule has 0 spiro atoms. The monoisotopic (exact) mass is 446 g/mol. The standard InChI is InChI=1S/C18H30N4O.HI/c1-2-19-18(21-16-17-8-4-3-5-9-17)20-10-6-7-11-22-12-14-23-15-13-22;/h3-5,8-9H,2,6-7,10-16H2,1H3,(H2,19,20,21);1H. The molecule has 1 aliphatic heterocycles. The van der Waals surface area contributed by atoms with Gasteiger partial charge in [0.2, 0.25) is 0 Å². The summed E-state index contributed by atoms with van der Waals surface area (Å²) in [5.74, 6) is 0.905. The summed E-state index contributed by atoms with van der Waals surface area (Å²) in [6, 6.07) is 10.4. The van der Waals surface area contributed by atoms with Crippen LogP contribution < -0.4 is 10.6 Å². The maximum absolute atomic E-state index is 5.37. The number of hydrogen-bond acceptors (Lipinski definition) is 3. The molecule has 1 aliphatic rings. The lowest BCUT2D eigenvalue weighted by Gasteiger charge is -2.26. The molecule has 24 heavy (non-hydrogen) atoms. The smallest absolute Gasteiger partial charge is 0.191 e. The minimum atomic E-state index is 0. The Morgan fingerprint density at radius 1 is 1.12 bits per heavy atom. The predicted octanol–water partition coefficient (Wildman–Crippen LogP) is 2.47. The summed E-state index contributed by atoms with van der Waals surface area (Å²) in [4.78, 5) is 7.12. The van der Waals surface area contributed by atoms with Gasteiger partial charge in [-0.1, -0.05) is 30.3 Å². The second kappa shape index (κ2) is 13.4. The summed E-state index contributed by atoms with van der Waals surface area (Å²) in [5.41, 5.74) is 1.23. The molecule has 1 heterocycles. The van der Waals surface area contributed by atoms with Gasteiger partial charge in [0.1, 0.15) is 0 Å².